The van der Waals surface area contributed by atoms with Crippen molar-refractivity contribution in [3.63, 3.8) is 0 Å². The van der Waals surface area contributed by atoms with Crippen LogP contribution in [0.4, 0.5) is 0 Å². The van der Waals surface area contributed by atoms with Crippen LogP contribution < -0.4 is 5.32 Å². The summed E-state index contributed by atoms with van der Waals surface area (Å²) in [5.74, 6) is -1.66. The average molecular weight is 247 g/mol. The number of carboxylic acid groups (broad SMARTS) is 1. The molecule has 0 aromatic heterocycles. The molecule has 1 saturated carbocycles. The van der Waals surface area contributed by atoms with Crippen LogP contribution in [0, 0.1) is 0 Å². The number of hydrogen-bond acceptors (Lipinski definition) is 3. The van der Waals surface area contributed by atoms with Crippen molar-refractivity contribution < 1.29 is 18.9 Å². The van der Waals surface area contributed by atoms with Gasteiger partial charge >= 0.3 is 5.97 Å². The Kier molecular flexibility index (Phi) is 4.92. The van der Waals surface area contributed by atoms with Crippen LogP contribution >= 0.6 is 0 Å². The van der Waals surface area contributed by atoms with Crippen molar-refractivity contribution in [1.82, 2.24) is 5.32 Å². The molecule has 2 N–H and O–H groups in total. The van der Waals surface area contributed by atoms with E-state index in [1.807, 2.05) is 0 Å². The van der Waals surface area contributed by atoms with Crippen LogP contribution in [0.25, 0.3) is 0 Å². The Balaban J connectivity index is 2.33. The van der Waals surface area contributed by atoms with Gasteiger partial charge in [0.2, 0.25) is 5.91 Å². The number of carboxylic acids is 1. The van der Waals surface area contributed by atoms with E-state index in [4.69, 9.17) is 5.11 Å². The molecular weight excluding hydrogens is 230 g/mol. The van der Waals surface area contributed by atoms with Gasteiger partial charge in [-0.2, -0.15) is 0 Å². The van der Waals surface area contributed by atoms with Crippen LogP contribution in [0.1, 0.15) is 32.6 Å². The predicted octanol–water partition coefficient (Wildman–Crippen LogP) is 0.267. The second-order valence-corrected chi connectivity index (χ2v) is 5.81. The number of rotatable bonds is 5. The lowest BCUT2D eigenvalue weighted by Gasteiger charge is -2.12. The van der Waals surface area contributed by atoms with Crippen LogP contribution in [-0.2, 0) is 20.4 Å². The van der Waals surface area contributed by atoms with Gasteiger partial charge in [0.05, 0.1) is 0 Å². The van der Waals surface area contributed by atoms with Gasteiger partial charge in [0.15, 0.2) is 0 Å². The van der Waals surface area contributed by atoms with Crippen LogP contribution in [0.2, 0.25) is 0 Å². The number of hydrogen-bond donors (Lipinski definition) is 2. The van der Waals surface area contributed by atoms with E-state index >= 15 is 0 Å². The van der Waals surface area contributed by atoms with Crippen LogP contribution in [0.5, 0.6) is 0 Å². The zero-order valence-corrected chi connectivity index (χ0v) is 10.1. The summed E-state index contributed by atoms with van der Waals surface area (Å²) in [6.07, 6.45) is 4.15. The highest BCUT2D eigenvalue weighted by Gasteiger charge is 2.23. The van der Waals surface area contributed by atoms with Crippen LogP contribution in [0.15, 0.2) is 0 Å². The Hall–Kier alpha value is -0.910. The predicted molar refractivity (Wildman–Crippen MR) is 60.5 cm³/mol. The van der Waals surface area contributed by atoms with Gasteiger partial charge in [-0.15, -0.1) is 0 Å². The summed E-state index contributed by atoms with van der Waals surface area (Å²) in [6.45, 7) is 1.35. The zero-order valence-electron chi connectivity index (χ0n) is 9.27. The summed E-state index contributed by atoms with van der Waals surface area (Å²) >= 11 is 0. The SMILES string of the molecule is CC(C(=O)O)S(=O)CC(=O)NC1CCCC1. The van der Waals surface area contributed by atoms with E-state index in [1.165, 1.54) is 6.92 Å². The summed E-state index contributed by atoms with van der Waals surface area (Å²) in [4.78, 5) is 22.0. The minimum absolute atomic E-state index is 0.185. The fourth-order valence-electron chi connectivity index (χ4n) is 1.71. The number of carbonyl (C=O) groups excluding carboxylic acids is 1. The maximum Gasteiger partial charge on any atom is 0.318 e. The van der Waals surface area contributed by atoms with Gasteiger partial charge < -0.3 is 10.4 Å². The fraction of sp³-hybridized carbons (Fsp3) is 0.800. The molecule has 16 heavy (non-hydrogen) atoms. The number of nitrogens with one attached hydrogen (secondary N) is 1. The number of carbonyl (C=O) groups is 2. The Bertz CT molecular complexity index is 299. The Morgan fingerprint density at radius 3 is 2.50 bits per heavy atom. The van der Waals surface area contributed by atoms with Crippen molar-refractivity contribution >= 4 is 22.7 Å². The van der Waals surface area contributed by atoms with Gasteiger partial charge in [-0.25, -0.2) is 0 Å². The van der Waals surface area contributed by atoms with Crippen molar-refractivity contribution in [3.8, 4) is 0 Å². The first kappa shape index (κ1) is 13.2. The van der Waals surface area contributed by atoms with E-state index in [0.29, 0.717) is 0 Å². The van der Waals surface area contributed by atoms with E-state index < -0.39 is 22.0 Å². The third-order valence-corrected chi connectivity index (χ3v) is 4.27. The molecule has 0 radical (unpaired) electrons. The second kappa shape index (κ2) is 5.98. The lowest BCUT2D eigenvalue weighted by molar-refractivity contribution is -0.136. The van der Waals surface area contributed by atoms with E-state index in [0.717, 1.165) is 25.7 Å². The summed E-state index contributed by atoms with van der Waals surface area (Å²) in [5, 5.41) is 10.4. The van der Waals surface area contributed by atoms with Crippen molar-refractivity contribution in [2.24, 2.45) is 0 Å². The molecule has 0 aliphatic heterocycles. The first-order chi connectivity index (χ1) is 7.50. The molecule has 6 heteroatoms. The van der Waals surface area contributed by atoms with Gasteiger partial charge in [0, 0.05) is 16.8 Å². The van der Waals surface area contributed by atoms with E-state index in [1.54, 1.807) is 0 Å². The van der Waals surface area contributed by atoms with E-state index in [-0.39, 0.29) is 17.7 Å². The van der Waals surface area contributed by atoms with Gasteiger partial charge in [0.1, 0.15) is 11.0 Å². The van der Waals surface area contributed by atoms with Gasteiger partial charge in [0.25, 0.3) is 0 Å². The van der Waals surface area contributed by atoms with E-state index in [2.05, 4.69) is 5.32 Å². The first-order valence-corrected chi connectivity index (χ1v) is 6.78. The molecule has 2 atom stereocenters. The van der Waals surface area contributed by atoms with Crippen molar-refractivity contribution in [3.05, 3.63) is 0 Å². The third-order valence-electron chi connectivity index (χ3n) is 2.74. The lowest BCUT2D eigenvalue weighted by Crippen LogP contribution is -2.38. The fourth-order valence-corrected chi connectivity index (χ4v) is 2.52. The molecule has 92 valence electrons. The van der Waals surface area contributed by atoms with Crippen molar-refractivity contribution in [2.75, 3.05) is 5.75 Å². The second-order valence-electron chi connectivity index (χ2n) is 4.05. The molecule has 0 aromatic carbocycles. The molecule has 2 unspecified atom stereocenters. The van der Waals surface area contributed by atoms with Gasteiger partial charge in [-0.05, 0) is 19.8 Å². The maximum absolute atomic E-state index is 11.4. The first-order valence-electron chi connectivity index (χ1n) is 5.40. The number of aliphatic carboxylic acids is 1. The molecule has 0 bridgehead atoms. The molecule has 0 heterocycles. The largest absolute Gasteiger partial charge is 0.480 e. The molecule has 0 saturated heterocycles. The quantitative estimate of drug-likeness (QED) is 0.730. The zero-order chi connectivity index (χ0) is 12.1. The standard InChI is InChI=1S/C10H17NO4S/c1-7(10(13)14)16(15)6-9(12)11-8-4-2-3-5-8/h7-8H,2-6H2,1H3,(H,11,12)(H,13,14). The highest BCUT2D eigenvalue weighted by molar-refractivity contribution is 7.87. The third kappa shape index (κ3) is 3.92. The highest BCUT2D eigenvalue weighted by Crippen LogP contribution is 2.17. The molecular formula is C10H17NO4S. The molecule has 0 spiro atoms. The Morgan fingerprint density at radius 1 is 1.44 bits per heavy atom. The molecule has 1 amide bonds. The Labute approximate surface area is 97.1 Å². The average Bonchev–Trinajstić information content (AvgIpc) is 2.68. The lowest BCUT2D eigenvalue weighted by atomic mass is 10.2. The summed E-state index contributed by atoms with van der Waals surface area (Å²) in [6, 6.07) is 0.185. The Morgan fingerprint density at radius 2 is 2.00 bits per heavy atom. The van der Waals surface area contributed by atoms with Crippen molar-refractivity contribution in [2.45, 2.75) is 43.9 Å². The highest BCUT2D eigenvalue weighted by atomic mass is 32.2. The minimum atomic E-state index is -1.64. The normalized spacial score (nSPS) is 20.3. The number of amides is 1. The van der Waals surface area contributed by atoms with E-state index in [9.17, 15) is 13.8 Å². The van der Waals surface area contributed by atoms with Gasteiger partial charge in [-0.1, -0.05) is 12.8 Å². The molecule has 1 aliphatic carbocycles. The van der Waals surface area contributed by atoms with Crippen LogP contribution in [0.3, 0.4) is 0 Å². The topological polar surface area (TPSA) is 83.5 Å². The van der Waals surface area contributed by atoms with Gasteiger partial charge in [-0.3, -0.25) is 13.8 Å². The smallest absolute Gasteiger partial charge is 0.318 e. The molecule has 0 aromatic rings. The molecule has 1 aliphatic rings. The minimum Gasteiger partial charge on any atom is -0.480 e. The van der Waals surface area contributed by atoms with Crippen LogP contribution in [-0.4, -0.2) is 38.2 Å². The molecule has 5 nitrogen and oxygen atoms in total. The summed E-state index contributed by atoms with van der Waals surface area (Å²) < 4.78 is 11.4. The van der Waals surface area contributed by atoms with Crippen molar-refractivity contribution in [1.29, 1.82) is 0 Å². The monoisotopic (exact) mass is 247 g/mol. The summed E-state index contributed by atoms with van der Waals surface area (Å²) in [5.41, 5.74) is 0. The maximum atomic E-state index is 11.4. The summed E-state index contributed by atoms with van der Waals surface area (Å²) in [7, 11) is -1.64. The molecule has 1 fully saturated rings. The molecule has 1 rings (SSSR count).